The summed E-state index contributed by atoms with van der Waals surface area (Å²) in [5.74, 6) is -0.421. The van der Waals surface area contributed by atoms with Gasteiger partial charge in [-0.2, -0.15) is 0 Å². The predicted octanol–water partition coefficient (Wildman–Crippen LogP) is 2.62. The molecular formula is C21H24N6O3S. The molecule has 0 radical (unpaired) electrons. The Morgan fingerprint density at radius 2 is 2.10 bits per heavy atom. The highest BCUT2D eigenvalue weighted by Crippen LogP contribution is 2.38. The van der Waals surface area contributed by atoms with Crippen molar-refractivity contribution in [1.82, 2.24) is 25.5 Å². The summed E-state index contributed by atoms with van der Waals surface area (Å²) in [7, 11) is 1.64. The maximum absolute atomic E-state index is 13.0. The quantitative estimate of drug-likeness (QED) is 0.521. The largest absolute Gasteiger partial charge is 0.385 e. The van der Waals surface area contributed by atoms with Crippen molar-refractivity contribution < 1.29 is 14.3 Å². The Balaban J connectivity index is 1.56. The van der Waals surface area contributed by atoms with Crippen molar-refractivity contribution in [2.45, 2.75) is 32.1 Å². The number of nitrogens with zero attached hydrogens (tertiary/aromatic N) is 4. The van der Waals surface area contributed by atoms with E-state index in [1.54, 1.807) is 25.3 Å². The number of benzene rings is 1. The molecule has 9 nitrogen and oxygen atoms in total. The van der Waals surface area contributed by atoms with Gasteiger partial charge in [-0.15, -0.1) is 16.4 Å². The van der Waals surface area contributed by atoms with E-state index in [2.05, 4.69) is 26.2 Å². The molecule has 3 aromatic rings. The van der Waals surface area contributed by atoms with Gasteiger partial charge in [0.2, 0.25) is 0 Å². The Morgan fingerprint density at radius 1 is 1.23 bits per heavy atom. The van der Waals surface area contributed by atoms with Gasteiger partial charge in [-0.25, -0.2) is 4.68 Å². The number of hydrogen-bond acceptors (Lipinski definition) is 7. The fraction of sp³-hybridized carbons (Fsp3) is 0.381. The number of aromatic nitrogens is 4. The van der Waals surface area contributed by atoms with Crippen molar-refractivity contribution >= 4 is 28.2 Å². The number of carbonyl (C=O) groups is 2. The van der Waals surface area contributed by atoms with Crippen molar-refractivity contribution in [2.75, 3.05) is 25.6 Å². The third-order valence-electron chi connectivity index (χ3n) is 5.16. The molecule has 0 atom stereocenters. The highest BCUT2D eigenvalue weighted by atomic mass is 32.1. The van der Waals surface area contributed by atoms with Gasteiger partial charge in [0.15, 0.2) is 0 Å². The minimum Gasteiger partial charge on any atom is -0.385 e. The van der Waals surface area contributed by atoms with Crippen LogP contribution in [0, 0.1) is 0 Å². The van der Waals surface area contributed by atoms with Gasteiger partial charge in [-0.3, -0.25) is 9.59 Å². The standard InChI is InChI=1S/C21H24N6O3S/c1-30-11-5-10-22-20(29)18-16-8-2-3-9-17(16)31-21(18)24-19(28)14-6-4-7-15(12-14)27-13-23-25-26-27/h4,6-7,12-13H,2-3,5,8-11H2,1H3,(H,22,29)(H,24,28). The Bertz CT molecular complexity index is 1060. The zero-order valence-electron chi connectivity index (χ0n) is 17.3. The van der Waals surface area contributed by atoms with Crippen LogP contribution in [-0.4, -0.2) is 52.3 Å². The minimum atomic E-state index is -0.276. The zero-order valence-corrected chi connectivity index (χ0v) is 18.1. The van der Waals surface area contributed by atoms with Crippen molar-refractivity contribution in [3.63, 3.8) is 0 Å². The van der Waals surface area contributed by atoms with Crippen LogP contribution in [0.4, 0.5) is 5.00 Å². The van der Waals surface area contributed by atoms with E-state index >= 15 is 0 Å². The van der Waals surface area contributed by atoms with E-state index in [0.29, 0.717) is 35.0 Å². The molecule has 162 valence electrons. The van der Waals surface area contributed by atoms with Gasteiger partial charge in [0.25, 0.3) is 11.8 Å². The molecule has 0 saturated carbocycles. The summed E-state index contributed by atoms with van der Waals surface area (Å²) in [6, 6.07) is 7.02. The summed E-state index contributed by atoms with van der Waals surface area (Å²) in [4.78, 5) is 27.2. The first-order valence-electron chi connectivity index (χ1n) is 10.2. The summed E-state index contributed by atoms with van der Waals surface area (Å²) in [5.41, 5.74) is 2.81. The number of rotatable bonds is 8. The van der Waals surface area contributed by atoms with Crippen LogP contribution in [0.2, 0.25) is 0 Å². The van der Waals surface area contributed by atoms with Gasteiger partial charge in [-0.05, 0) is 66.3 Å². The number of nitrogens with one attached hydrogen (secondary N) is 2. The number of thiophene rings is 1. The summed E-state index contributed by atoms with van der Waals surface area (Å²) in [6.45, 7) is 1.11. The molecule has 0 bridgehead atoms. The summed E-state index contributed by atoms with van der Waals surface area (Å²) in [6.07, 6.45) is 6.15. The smallest absolute Gasteiger partial charge is 0.256 e. The van der Waals surface area contributed by atoms with Crippen LogP contribution >= 0.6 is 11.3 Å². The van der Waals surface area contributed by atoms with Crippen molar-refractivity contribution in [3.05, 3.63) is 52.2 Å². The minimum absolute atomic E-state index is 0.145. The Hall–Kier alpha value is -3.11. The number of fused-ring (bicyclic) bond motifs is 1. The topological polar surface area (TPSA) is 111 Å². The second-order valence-corrected chi connectivity index (χ2v) is 8.38. The maximum Gasteiger partial charge on any atom is 0.256 e. The fourth-order valence-electron chi connectivity index (χ4n) is 3.65. The molecule has 1 aliphatic carbocycles. The highest BCUT2D eigenvalue weighted by Gasteiger charge is 2.26. The lowest BCUT2D eigenvalue weighted by atomic mass is 9.95. The van der Waals surface area contributed by atoms with E-state index in [1.807, 2.05) is 6.07 Å². The van der Waals surface area contributed by atoms with E-state index in [-0.39, 0.29) is 11.8 Å². The average Bonchev–Trinajstić information content (AvgIpc) is 3.44. The van der Waals surface area contributed by atoms with Crippen LogP contribution in [0.3, 0.4) is 0 Å². The lowest BCUT2D eigenvalue weighted by Crippen LogP contribution is -2.27. The third kappa shape index (κ3) is 4.80. The van der Waals surface area contributed by atoms with Crippen molar-refractivity contribution in [2.24, 2.45) is 0 Å². The van der Waals surface area contributed by atoms with E-state index in [4.69, 9.17) is 4.74 Å². The number of hydrogen-bond donors (Lipinski definition) is 2. The molecule has 1 aromatic carbocycles. The van der Waals surface area contributed by atoms with Crippen molar-refractivity contribution in [1.29, 1.82) is 0 Å². The van der Waals surface area contributed by atoms with Gasteiger partial charge in [0.1, 0.15) is 11.3 Å². The summed E-state index contributed by atoms with van der Waals surface area (Å²) in [5, 5.41) is 17.7. The second-order valence-electron chi connectivity index (χ2n) is 7.28. The van der Waals surface area contributed by atoms with Gasteiger partial charge in [0, 0.05) is 30.7 Å². The monoisotopic (exact) mass is 440 g/mol. The normalized spacial score (nSPS) is 12.9. The summed E-state index contributed by atoms with van der Waals surface area (Å²) < 4.78 is 6.53. The molecule has 0 spiro atoms. The lowest BCUT2D eigenvalue weighted by molar-refractivity contribution is 0.0948. The SMILES string of the molecule is COCCCNC(=O)c1c(NC(=O)c2cccc(-n3cnnn3)c2)sc2c1CCCC2. The predicted molar refractivity (Wildman–Crippen MR) is 117 cm³/mol. The molecule has 10 heteroatoms. The van der Waals surface area contributed by atoms with Crippen LogP contribution < -0.4 is 10.6 Å². The lowest BCUT2D eigenvalue weighted by Gasteiger charge is -2.13. The molecule has 2 aromatic heterocycles. The molecule has 2 amide bonds. The highest BCUT2D eigenvalue weighted by molar-refractivity contribution is 7.17. The molecule has 2 heterocycles. The molecule has 0 aliphatic heterocycles. The van der Waals surface area contributed by atoms with Crippen LogP contribution in [0.25, 0.3) is 5.69 Å². The average molecular weight is 441 g/mol. The second kappa shape index (κ2) is 9.80. The zero-order chi connectivity index (χ0) is 21.6. The number of carbonyl (C=O) groups excluding carboxylic acids is 2. The van der Waals surface area contributed by atoms with Crippen LogP contribution in [0.5, 0.6) is 0 Å². The first-order chi connectivity index (χ1) is 15.2. The van der Waals surface area contributed by atoms with E-state index in [0.717, 1.165) is 37.7 Å². The number of methoxy groups -OCH3 is 1. The molecule has 31 heavy (non-hydrogen) atoms. The Labute approximate surface area is 183 Å². The van der Waals surface area contributed by atoms with Crippen LogP contribution in [-0.2, 0) is 17.6 Å². The number of tetrazole rings is 1. The van der Waals surface area contributed by atoms with E-state index < -0.39 is 0 Å². The number of anilines is 1. The fourth-order valence-corrected chi connectivity index (χ4v) is 4.93. The molecule has 1 aliphatic rings. The first kappa shape index (κ1) is 21.1. The summed E-state index contributed by atoms with van der Waals surface area (Å²) >= 11 is 1.50. The van der Waals surface area contributed by atoms with Gasteiger partial charge < -0.3 is 15.4 Å². The number of ether oxygens (including phenoxy) is 1. The molecule has 0 unspecified atom stereocenters. The molecular weight excluding hydrogens is 416 g/mol. The van der Waals surface area contributed by atoms with Crippen LogP contribution in [0.1, 0.15) is 50.4 Å². The van der Waals surface area contributed by atoms with Gasteiger partial charge in [0.05, 0.1) is 11.3 Å². The van der Waals surface area contributed by atoms with Crippen LogP contribution in [0.15, 0.2) is 30.6 Å². The van der Waals surface area contributed by atoms with Crippen molar-refractivity contribution in [3.8, 4) is 5.69 Å². The first-order valence-corrected chi connectivity index (χ1v) is 11.1. The van der Waals surface area contributed by atoms with E-state index in [9.17, 15) is 9.59 Å². The maximum atomic E-state index is 13.0. The molecule has 2 N–H and O–H groups in total. The van der Waals surface area contributed by atoms with E-state index in [1.165, 1.54) is 27.2 Å². The molecule has 4 rings (SSSR count). The van der Waals surface area contributed by atoms with Gasteiger partial charge >= 0.3 is 0 Å². The molecule has 0 saturated heterocycles. The Morgan fingerprint density at radius 3 is 2.90 bits per heavy atom. The van der Waals surface area contributed by atoms with Gasteiger partial charge in [-0.1, -0.05) is 6.07 Å². The number of amides is 2. The molecule has 0 fully saturated rings. The third-order valence-corrected chi connectivity index (χ3v) is 6.37. The Kier molecular flexibility index (Phi) is 6.68. The number of aryl methyl sites for hydroxylation is 1.